The Morgan fingerprint density at radius 1 is 1.21 bits per heavy atom. The lowest BCUT2D eigenvalue weighted by atomic mass is 10.0. The van der Waals surface area contributed by atoms with Crippen LogP contribution in [0.3, 0.4) is 0 Å². The number of nitrogens with zero attached hydrogens (tertiary/aromatic N) is 1. The SMILES string of the molecule is CC(CNCC(=O)N1CCCCC1)c1ccccc1. The van der Waals surface area contributed by atoms with Crippen LogP contribution in [0.25, 0.3) is 0 Å². The van der Waals surface area contributed by atoms with Gasteiger partial charge in [-0.25, -0.2) is 0 Å². The molecule has 1 aliphatic heterocycles. The van der Waals surface area contributed by atoms with E-state index in [1.807, 2.05) is 11.0 Å². The van der Waals surface area contributed by atoms with E-state index in [0.29, 0.717) is 12.5 Å². The van der Waals surface area contributed by atoms with Crippen molar-refractivity contribution in [3.05, 3.63) is 35.9 Å². The summed E-state index contributed by atoms with van der Waals surface area (Å²) >= 11 is 0. The highest BCUT2D eigenvalue weighted by Crippen LogP contribution is 2.13. The lowest BCUT2D eigenvalue weighted by molar-refractivity contribution is -0.131. The summed E-state index contributed by atoms with van der Waals surface area (Å²) in [6.07, 6.45) is 3.58. The largest absolute Gasteiger partial charge is 0.342 e. The standard InChI is InChI=1S/C16H24N2O/c1-14(15-8-4-2-5-9-15)12-17-13-16(19)18-10-6-3-7-11-18/h2,4-5,8-9,14,17H,3,6-7,10-13H2,1H3. The number of carbonyl (C=O) groups excluding carboxylic acids is 1. The molecule has 2 rings (SSSR count). The summed E-state index contributed by atoms with van der Waals surface area (Å²) in [5.74, 6) is 0.690. The van der Waals surface area contributed by atoms with Gasteiger partial charge in [-0.3, -0.25) is 4.79 Å². The molecule has 0 aromatic heterocycles. The third kappa shape index (κ3) is 4.35. The van der Waals surface area contributed by atoms with Crippen molar-refractivity contribution in [2.24, 2.45) is 0 Å². The summed E-state index contributed by atoms with van der Waals surface area (Å²) in [6, 6.07) is 10.4. The third-order valence-corrected chi connectivity index (χ3v) is 3.80. The molecule has 1 aromatic rings. The fourth-order valence-corrected chi connectivity index (χ4v) is 2.55. The molecule has 1 amide bonds. The van der Waals surface area contributed by atoms with Gasteiger partial charge in [-0.15, -0.1) is 0 Å². The maximum Gasteiger partial charge on any atom is 0.236 e. The van der Waals surface area contributed by atoms with Crippen molar-refractivity contribution in [1.29, 1.82) is 0 Å². The maximum absolute atomic E-state index is 12.0. The summed E-state index contributed by atoms with van der Waals surface area (Å²) in [6.45, 7) is 5.39. The van der Waals surface area contributed by atoms with Gasteiger partial charge < -0.3 is 10.2 Å². The van der Waals surface area contributed by atoms with Gasteiger partial charge in [0.15, 0.2) is 0 Å². The molecule has 1 fully saturated rings. The fourth-order valence-electron chi connectivity index (χ4n) is 2.55. The Balaban J connectivity index is 1.69. The average molecular weight is 260 g/mol. The van der Waals surface area contributed by atoms with Crippen molar-refractivity contribution in [3.8, 4) is 0 Å². The van der Waals surface area contributed by atoms with Gasteiger partial charge in [0.25, 0.3) is 0 Å². The Hall–Kier alpha value is -1.35. The second kappa shape index (κ2) is 7.29. The monoisotopic (exact) mass is 260 g/mol. The molecule has 19 heavy (non-hydrogen) atoms. The quantitative estimate of drug-likeness (QED) is 0.881. The topological polar surface area (TPSA) is 32.3 Å². The van der Waals surface area contributed by atoms with Crippen LogP contribution < -0.4 is 5.32 Å². The first kappa shape index (κ1) is 14.1. The predicted molar refractivity (Wildman–Crippen MR) is 78.2 cm³/mol. The molecule has 1 aliphatic rings. The number of hydrogen-bond acceptors (Lipinski definition) is 2. The number of piperidine rings is 1. The van der Waals surface area contributed by atoms with E-state index in [2.05, 4.69) is 36.5 Å². The lowest BCUT2D eigenvalue weighted by Gasteiger charge is -2.27. The van der Waals surface area contributed by atoms with Gasteiger partial charge in [0.1, 0.15) is 0 Å². The summed E-state index contributed by atoms with van der Waals surface area (Å²) in [5.41, 5.74) is 1.32. The van der Waals surface area contributed by atoms with Gasteiger partial charge in [-0.2, -0.15) is 0 Å². The number of hydrogen-bond donors (Lipinski definition) is 1. The maximum atomic E-state index is 12.0. The number of likely N-dealkylation sites (tertiary alicyclic amines) is 1. The van der Waals surface area contributed by atoms with Crippen LogP contribution in [0, 0.1) is 0 Å². The number of benzene rings is 1. The molecule has 0 bridgehead atoms. The van der Waals surface area contributed by atoms with Gasteiger partial charge in [0.05, 0.1) is 6.54 Å². The van der Waals surface area contributed by atoms with E-state index in [4.69, 9.17) is 0 Å². The molecule has 1 atom stereocenters. The highest BCUT2D eigenvalue weighted by molar-refractivity contribution is 5.78. The molecule has 1 N–H and O–H groups in total. The van der Waals surface area contributed by atoms with E-state index in [1.54, 1.807) is 0 Å². The zero-order valence-electron chi connectivity index (χ0n) is 11.8. The fraction of sp³-hybridized carbons (Fsp3) is 0.562. The molecule has 104 valence electrons. The van der Waals surface area contributed by atoms with Crippen LogP contribution in [0.2, 0.25) is 0 Å². The first-order valence-corrected chi connectivity index (χ1v) is 7.31. The van der Waals surface area contributed by atoms with E-state index in [9.17, 15) is 4.79 Å². The second-order valence-corrected chi connectivity index (χ2v) is 5.38. The Kier molecular flexibility index (Phi) is 5.40. The van der Waals surface area contributed by atoms with Crippen molar-refractivity contribution in [3.63, 3.8) is 0 Å². The first-order chi connectivity index (χ1) is 9.27. The second-order valence-electron chi connectivity index (χ2n) is 5.38. The Labute approximate surface area is 116 Å². The molecule has 0 aliphatic carbocycles. The molecular formula is C16H24N2O. The first-order valence-electron chi connectivity index (χ1n) is 7.31. The zero-order chi connectivity index (χ0) is 13.5. The molecule has 1 heterocycles. The molecule has 0 radical (unpaired) electrons. The lowest BCUT2D eigenvalue weighted by Crippen LogP contribution is -2.41. The van der Waals surface area contributed by atoms with Crippen molar-refractivity contribution >= 4 is 5.91 Å². The number of carbonyl (C=O) groups is 1. The molecule has 0 saturated carbocycles. The van der Waals surface area contributed by atoms with Crippen LogP contribution in [0.5, 0.6) is 0 Å². The third-order valence-electron chi connectivity index (χ3n) is 3.80. The van der Waals surface area contributed by atoms with E-state index >= 15 is 0 Å². The van der Waals surface area contributed by atoms with Crippen molar-refractivity contribution in [2.75, 3.05) is 26.2 Å². The minimum atomic E-state index is 0.250. The van der Waals surface area contributed by atoms with Crippen molar-refractivity contribution in [1.82, 2.24) is 10.2 Å². The molecule has 1 unspecified atom stereocenters. The van der Waals surface area contributed by atoms with Crippen LogP contribution in [0.15, 0.2) is 30.3 Å². The molecule has 1 saturated heterocycles. The highest BCUT2D eigenvalue weighted by Gasteiger charge is 2.16. The normalized spacial score (nSPS) is 17.2. The summed E-state index contributed by atoms with van der Waals surface area (Å²) < 4.78 is 0. The van der Waals surface area contributed by atoms with Crippen molar-refractivity contribution < 1.29 is 4.79 Å². The van der Waals surface area contributed by atoms with Crippen molar-refractivity contribution in [2.45, 2.75) is 32.1 Å². The van der Waals surface area contributed by atoms with E-state index in [-0.39, 0.29) is 5.91 Å². The van der Waals surface area contributed by atoms with Crippen LogP contribution in [-0.4, -0.2) is 37.0 Å². The molecular weight excluding hydrogens is 236 g/mol. The molecule has 3 nitrogen and oxygen atoms in total. The number of nitrogens with one attached hydrogen (secondary N) is 1. The smallest absolute Gasteiger partial charge is 0.236 e. The van der Waals surface area contributed by atoms with Gasteiger partial charge in [-0.05, 0) is 30.7 Å². The average Bonchev–Trinajstić information content (AvgIpc) is 2.49. The van der Waals surface area contributed by atoms with Gasteiger partial charge in [-0.1, -0.05) is 37.3 Å². The zero-order valence-corrected chi connectivity index (χ0v) is 11.8. The minimum Gasteiger partial charge on any atom is -0.342 e. The molecule has 3 heteroatoms. The summed E-state index contributed by atoms with van der Waals surface area (Å²) in [4.78, 5) is 14.0. The van der Waals surface area contributed by atoms with Gasteiger partial charge in [0.2, 0.25) is 5.91 Å². The van der Waals surface area contributed by atoms with Crippen LogP contribution in [0.4, 0.5) is 0 Å². The Bertz CT molecular complexity index is 385. The van der Waals surface area contributed by atoms with Crippen LogP contribution in [-0.2, 0) is 4.79 Å². The Morgan fingerprint density at radius 3 is 2.58 bits per heavy atom. The summed E-state index contributed by atoms with van der Waals surface area (Å²) in [5, 5.41) is 3.29. The van der Waals surface area contributed by atoms with Gasteiger partial charge >= 0.3 is 0 Å². The van der Waals surface area contributed by atoms with E-state index in [1.165, 1.54) is 12.0 Å². The summed E-state index contributed by atoms with van der Waals surface area (Å²) in [7, 11) is 0. The van der Waals surface area contributed by atoms with E-state index < -0.39 is 0 Å². The predicted octanol–water partition coefficient (Wildman–Crippen LogP) is 2.39. The van der Waals surface area contributed by atoms with Crippen LogP contribution in [0.1, 0.15) is 37.7 Å². The Morgan fingerprint density at radius 2 is 1.89 bits per heavy atom. The molecule has 0 spiro atoms. The number of rotatable bonds is 5. The van der Waals surface area contributed by atoms with E-state index in [0.717, 1.165) is 32.5 Å². The molecule has 1 aromatic carbocycles. The van der Waals surface area contributed by atoms with Gasteiger partial charge in [0, 0.05) is 19.6 Å². The van der Waals surface area contributed by atoms with Crippen LogP contribution >= 0.6 is 0 Å². The minimum absolute atomic E-state index is 0.250. The number of amides is 1. The highest BCUT2D eigenvalue weighted by atomic mass is 16.2.